The third kappa shape index (κ3) is 3.55. The maximum atomic E-state index is 12.2. The molecule has 0 aromatic heterocycles. The summed E-state index contributed by atoms with van der Waals surface area (Å²) < 4.78 is 0. The predicted octanol–water partition coefficient (Wildman–Crippen LogP) is 2.98. The minimum absolute atomic E-state index is 0.0220. The Morgan fingerprint density at radius 2 is 2.12 bits per heavy atom. The lowest BCUT2D eigenvalue weighted by atomic mass is 10.0. The first-order valence-electron chi connectivity index (χ1n) is 6.27. The highest BCUT2D eigenvalue weighted by Crippen LogP contribution is 2.17. The minimum Gasteiger partial charge on any atom is -0.307 e. The zero-order valence-electron chi connectivity index (χ0n) is 9.92. The number of nitrogens with one attached hydrogen (secondary N) is 1. The molecule has 1 heterocycles. The topological polar surface area (TPSA) is 29.1 Å². The fraction of sp³-hybridized carbons (Fsp3) is 0.500. The molecule has 1 atom stereocenters. The second kappa shape index (κ2) is 6.18. The molecule has 0 amide bonds. The van der Waals surface area contributed by atoms with Crippen molar-refractivity contribution in [3.63, 3.8) is 0 Å². The van der Waals surface area contributed by atoms with Gasteiger partial charge in [0, 0.05) is 11.4 Å². The number of halogens is 1. The van der Waals surface area contributed by atoms with Gasteiger partial charge in [-0.1, -0.05) is 42.6 Å². The van der Waals surface area contributed by atoms with Crippen LogP contribution in [0, 0.1) is 0 Å². The van der Waals surface area contributed by atoms with Crippen molar-refractivity contribution in [2.24, 2.45) is 0 Å². The molecule has 3 heteroatoms. The van der Waals surface area contributed by atoms with Gasteiger partial charge in [-0.3, -0.25) is 4.79 Å². The molecular formula is C14H18ClNO. The number of carbonyl (C=O) groups excluding carboxylic acids is 1. The standard InChI is InChI=1S/C14H18ClNO/c15-12-7-4-3-6-11(12)10-14(17)13-8-2-1-5-9-16-13/h3-4,6-7,13,16H,1-2,5,8-10H2. The van der Waals surface area contributed by atoms with Crippen LogP contribution >= 0.6 is 11.6 Å². The molecule has 1 aromatic carbocycles. The summed E-state index contributed by atoms with van der Waals surface area (Å²) in [5.74, 6) is 0.264. The van der Waals surface area contributed by atoms with Gasteiger partial charge < -0.3 is 5.32 Å². The lowest BCUT2D eigenvalue weighted by Gasteiger charge is -2.14. The van der Waals surface area contributed by atoms with Crippen LogP contribution in [0.4, 0.5) is 0 Å². The summed E-state index contributed by atoms with van der Waals surface area (Å²) in [4.78, 5) is 12.2. The molecule has 1 fully saturated rings. The highest BCUT2D eigenvalue weighted by molar-refractivity contribution is 6.31. The first kappa shape index (κ1) is 12.6. The molecule has 1 saturated heterocycles. The van der Waals surface area contributed by atoms with Gasteiger partial charge in [-0.25, -0.2) is 0 Å². The summed E-state index contributed by atoms with van der Waals surface area (Å²) in [5, 5.41) is 4.02. The monoisotopic (exact) mass is 251 g/mol. The fourth-order valence-electron chi connectivity index (χ4n) is 2.26. The van der Waals surface area contributed by atoms with E-state index in [1.54, 1.807) is 0 Å². The van der Waals surface area contributed by atoms with Crippen LogP contribution in [0.1, 0.15) is 31.2 Å². The molecule has 1 aliphatic heterocycles. The molecule has 0 radical (unpaired) electrons. The van der Waals surface area contributed by atoms with Gasteiger partial charge in [-0.15, -0.1) is 0 Å². The molecule has 1 aliphatic rings. The number of benzene rings is 1. The van der Waals surface area contributed by atoms with Crippen LogP contribution in [0.15, 0.2) is 24.3 Å². The van der Waals surface area contributed by atoms with Gasteiger partial charge in [0.25, 0.3) is 0 Å². The van der Waals surface area contributed by atoms with Crippen LogP contribution in [0.5, 0.6) is 0 Å². The summed E-state index contributed by atoms with van der Waals surface area (Å²) in [6.45, 7) is 0.957. The molecule has 92 valence electrons. The quantitative estimate of drug-likeness (QED) is 0.895. The van der Waals surface area contributed by atoms with E-state index in [2.05, 4.69) is 5.32 Å². The number of ketones is 1. The Balaban J connectivity index is 1.98. The lowest BCUT2D eigenvalue weighted by molar-refractivity contribution is -0.120. The maximum Gasteiger partial charge on any atom is 0.154 e. The van der Waals surface area contributed by atoms with E-state index in [4.69, 9.17) is 11.6 Å². The molecule has 2 nitrogen and oxygen atoms in total. The van der Waals surface area contributed by atoms with Crippen LogP contribution in [-0.2, 0) is 11.2 Å². The van der Waals surface area contributed by atoms with Crippen molar-refractivity contribution in [1.82, 2.24) is 5.32 Å². The molecule has 0 bridgehead atoms. The SMILES string of the molecule is O=C(Cc1ccccc1Cl)C1CCCCCN1. The largest absolute Gasteiger partial charge is 0.307 e. The Morgan fingerprint density at radius 3 is 2.94 bits per heavy atom. The van der Waals surface area contributed by atoms with E-state index in [9.17, 15) is 4.79 Å². The zero-order valence-corrected chi connectivity index (χ0v) is 10.7. The number of hydrogen-bond donors (Lipinski definition) is 1. The van der Waals surface area contributed by atoms with Crippen LogP contribution in [0.2, 0.25) is 5.02 Å². The Morgan fingerprint density at radius 1 is 1.29 bits per heavy atom. The summed E-state index contributed by atoms with van der Waals surface area (Å²) >= 11 is 6.07. The summed E-state index contributed by atoms with van der Waals surface area (Å²) in [7, 11) is 0. The van der Waals surface area contributed by atoms with Crippen molar-refractivity contribution < 1.29 is 4.79 Å². The highest BCUT2D eigenvalue weighted by Gasteiger charge is 2.20. The van der Waals surface area contributed by atoms with Crippen molar-refractivity contribution in [2.75, 3.05) is 6.54 Å². The average molecular weight is 252 g/mol. The average Bonchev–Trinajstić information content (AvgIpc) is 2.61. The van der Waals surface area contributed by atoms with Gasteiger partial charge in [0.1, 0.15) is 0 Å². The Kier molecular flexibility index (Phi) is 4.57. The zero-order chi connectivity index (χ0) is 12.1. The van der Waals surface area contributed by atoms with Crippen molar-refractivity contribution >= 4 is 17.4 Å². The van der Waals surface area contributed by atoms with E-state index < -0.39 is 0 Å². The van der Waals surface area contributed by atoms with E-state index in [-0.39, 0.29) is 11.8 Å². The van der Waals surface area contributed by atoms with E-state index >= 15 is 0 Å². The molecule has 0 saturated carbocycles. The first-order chi connectivity index (χ1) is 8.27. The Bertz CT molecular complexity index is 384. The minimum atomic E-state index is 0.0220. The molecule has 17 heavy (non-hydrogen) atoms. The third-order valence-electron chi connectivity index (χ3n) is 3.27. The van der Waals surface area contributed by atoms with Gasteiger partial charge in [0.2, 0.25) is 0 Å². The molecule has 0 aliphatic carbocycles. The summed E-state index contributed by atoms with van der Waals surface area (Å²) in [6, 6.07) is 7.60. The van der Waals surface area contributed by atoms with E-state index in [0.29, 0.717) is 11.4 Å². The first-order valence-corrected chi connectivity index (χ1v) is 6.64. The number of carbonyl (C=O) groups is 1. The molecule has 0 spiro atoms. The van der Waals surface area contributed by atoms with Gasteiger partial charge in [0.05, 0.1) is 6.04 Å². The second-order valence-corrected chi connectivity index (χ2v) is 5.00. The van der Waals surface area contributed by atoms with Gasteiger partial charge in [-0.05, 0) is 31.0 Å². The predicted molar refractivity (Wildman–Crippen MR) is 70.4 cm³/mol. The number of Topliss-reactive ketones (excluding diaryl/α,β-unsaturated/α-hetero) is 1. The fourth-order valence-corrected chi connectivity index (χ4v) is 2.46. The van der Waals surface area contributed by atoms with E-state index in [1.165, 1.54) is 12.8 Å². The Labute approximate surface area is 107 Å². The van der Waals surface area contributed by atoms with E-state index in [1.807, 2.05) is 24.3 Å². The van der Waals surface area contributed by atoms with Crippen molar-refractivity contribution in [1.29, 1.82) is 0 Å². The van der Waals surface area contributed by atoms with Crippen molar-refractivity contribution in [2.45, 2.75) is 38.1 Å². The maximum absolute atomic E-state index is 12.2. The lowest BCUT2D eigenvalue weighted by Crippen LogP contribution is -2.37. The van der Waals surface area contributed by atoms with Gasteiger partial charge >= 0.3 is 0 Å². The smallest absolute Gasteiger partial charge is 0.154 e. The second-order valence-electron chi connectivity index (χ2n) is 4.59. The molecule has 1 aromatic rings. The molecule has 2 rings (SSSR count). The van der Waals surface area contributed by atoms with Gasteiger partial charge in [0.15, 0.2) is 5.78 Å². The number of rotatable bonds is 3. The number of hydrogen-bond acceptors (Lipinski definition) is 2. The summed E-state index contributed by atoms with van der Waals surface area (Å²) in [6.07, 6.45) is 4.95. The van der Waals surface area contributed by atoms with Crippen molar-refractivity contribution in [3.05, 3.63) is 34.9 Å². The summed E-state index contributed by atoms with van der Waals surface area (Å²) in [5.41, 5.74) is 0.935. The van der Waals surface area contributed by atoms with Crippen LogP contribution in [0.25, 0.3) is 0 Å². The highest BCUT2D eigenvalue weighted by atomic mass is 35.5. The third-order valence-corrected chi connectivity index (χ3v) is 3.64. The normalized spacial score (nSPS) is 20.9. The van der Waals surface area contributed by atoms with Crippen LogP contribution < -0.4 is 5.32 Å². The molecule has 1 N–H and O–H groups in total. The molecular weight excluding hydrogens is 234 g/mol. The van der Waals surface area contributed by atoms with Gasteiger partial charge in [-0.2, -0.15) is 0 Å². The van der Waals surface area contributed by atoms with E-state index in [0.717, 1.165) is 24.9 Å². The van der Waals surface area contributed by atoms with Crippen LogP contribution in [-0.4, -0.2) is 18.4 Å². The molecule has 1 unspecified atom stereocenters. The van der Waals surface area contributed by atoms with Crippen molar-refractivity contribution in [3.8, 4) is 0 Å². The van der Waals surface area contributed by atoms with Crippen LogP contribution in [0.3, 0.4) is 0 Å². The Hall–Kier alpha value is -0.860.